The van der Waals surface area contributed by atoms with Crippen LogP contribution in [0.1, 0.15) is 6.92 Å². The molecule has 3 N–H and O–H groups in total. The van der Waals surface area contributed by atoms with Crippen molar-refractivity contribution in [3.8, 4) is 5.82 Å². The van der Waals surface area contributed by atoms with E-state index in [1.807, 2.05) is 29.1 Å². The summed E-state index contributed by atoms with van der Waals surface area (Å²) < 4.78 is 28.7. The smallest absolute Gasteiger partial charge is 0.251 e. The maximum Gasteiger partial charge on any atom is 0.251 e. The Morgan fingerprint density at radius 2 is 1.96 bits per heavy atom. The Kier molecular flexibility index (Phi) is 5.78. The van der Waals surface area contributed by atoms with Gasteiger partial charge in [-0.3, -0.25) is 4.79 Å². The lowest BCUT2D eigenvalue weighted by molar-refractivity contribution is -0.114. The average molecular weight is 407 g/mol. The number of anilines is 2. The van der Waals surface area contributed by atoms with Gasteiger partial charge in [-0.1, -0.05) is 11.3 Å². The summed E-state index contributed by atoms with van der Waals surface area (Å²) in [7, 11) is -3.69. The molecule has 0 aliphatic rings. The van der Waals surface area contributed by atoms with E-state index in [1.54, 1.807) is 12.1 Å². The van der Waals surface area contributed by atoms with E-state index in [0.717, 1.165) is 11.3 Å². The second-order valence-corrected chi connectivity index (χ2v) is 8.38. The monoisotopic (exact) mass is 407 g/mol. The van der Waals surface area contributed by atoms with Crippen LogP contribution in [0.5, 0.6) is 0 Å². The van der Waals surface area contributed by atoms with E-state index in [9.17, 15) is 13.2 Å². The molecule has 0 unspecified atom stereocenters. The van der Waals surface area contributed by atoms with Crippen LogP contribution in [0.25, 0.3) is 5.82 Å². The van der Waals surface area contributed by atoms with Crippen molar-refractivity contribution in [3.05, 3.63) is 42.9 Å². The lowest BCUT2D eigenvalue weighted by Crippen LogP contribution is -2.28. The number of nitrogens with one attached hydrogen (secondary N) is 3. The highest BCUT2D eigenvalue weighted by molar-refractivity contribution is 7.91. The number of hydrogen-bond donors (Lipinski definition) is 3. The van der Waals surface area contributed by atoms with Crippen LogP contribution in [0.3, 0.4) is 0 Å². The molecule has 0 aliphatic heterocycles. The molecule has 3 aromatic rings. The molecule has 0 fully saturated rings. The number of carbonyl (C=O) groups is 1. The Labute approximate surface area is 159 Å². The van der Waals surface area contributed by atoms with Gasteiger partial charge in [-0.2, -0.15) is 0 Å². The van der Waals surface area contributed by atoms with Crippen molar-refractivity contribution in [2.45, 2.75) is 11.1 Å². The minimum absolute atomic E-state index is 0.0297. The number of nitrogens with zero attached hydrogens (tertiary/aromatic N) is 4. The maximum absolute atomic E-state index is 12.2. The van der Waals surface area contributed by atoms with Gasteiger partial charge in [-0.25, -0.2) is 18.1 Å². The van der Waals surface area contributed by atoms with Crippen LogP contribution in [0, 0.1) is 0 Å². The third-order valence-electron chi connectivity index (χ3n) is 3.27. The first-order valence-corrected chi connectivity index (χ1v) is 10.2. The Morgan fingerprint density at radius 1 is 1.19 bits per heavy atom. The van der Waals surface area contributed by atoms with Crippen LogP contribution in [0.15, 0.2) is 47.1 Å². The maximum atomic E-state index is 12.2. The lowest BCUT2D eigenvalue weighted by atomic mass is 10.5. The molecule has 0 spiro atoms. The summed E-state index contributed by atoms with van der Waals surface area (Å²) in [6, 6.07) is 7.35. The van der Waals surface area contributed by atoms with E-state index < -0.39 is 10.0 Å². The summed E-state index contributed by atoms with van der Waals surface area (Å²) in [6.45, 7) is 1.80. The topological polar surface area (TPSA) is 131 Å². The number of hydrogen-bond acceptors (Lipinski definition) is 8. The number of sulfonamides is 1. The molecule has 3 aromatic heterocycles. The molecular weight excluding hydrogens is 390 g/mol. The zero-order valence-corrected chi connectivity index (χ0v) is 15.9. The number of aromatic nitrogens is 4. The first-order valence-electron chi connectivity index (χ1n) is 7.88. The molecule has 27 heavy (non-hydrogen) atoms. The first-order chi connectivity index (χ1) is 12.9. The molecule has 0 aromatic carbocycles. The summed E-state index contributed by atoms with van der Waals surface area (Å²) in [5.41, 5.74) is 0. The highest BCUT2D eigenvalue weighted by Crippen LogP contribution is 2.22. The van der Waals surface area contributed by atoms with Gasteiger partial charge in [0.25, 0.3) is 10.0 Å². The van der Waals surface area contributed by atoms with E-state index in [0.29, 0.717) is 18.2 Å². The second kappa shape index (κ2) is 8.24. The molecule has 0 atom stereocenters. The number of amides is 1. The van der Waals surface area contributed by atoms with Crippen LogP contribution >= 0.6 is 11.3 Å². The van der Waals surface area contributed by atoms with E-state index >= 15 is 0 Å². The van der Waals surface area contributed by atoms with Gasteiger partial charge in [0.2, 0.25) is 5.91 Å². The zero-order valence-electron chi connectivity index (χ0n) is 14.3. The summed E-state index contributed by atoms with van der Waals surface area (Å²) in [5, 5.41) is 13.8. The molecule has 0 aliphatic carbocycles. The number of carbonyl (C=O) groups excluding carboxylic acids is 1. The zero-order chi connectivity index (χ0) is 19.3. The van der Waals surface area contributed by atoms with Gasteiger partial charge in [0.15, 0.2) is 15.2 Å². The molecule has 0 saturated heterocycles. The summed E-state index contributed by atoms with van der Waals surface area (Å²) in [4.78, 5) is 14.8. The Balaban J connectivity index is 1.49. The van der Waals surface area contributed by atoms with Crippen LogP contribution in [0.4, 0.5) is 10.9 Å². The van der Waals surface area contributed by atoms with Crippen LogP contribution in [-0.2, 0) is 14.8 Å². The molecule has 1 amide bonds. The summed E-state index contributed by atoms with van der Waals surface area (Å²) in [5.74, 6) is 0.914. The predicted octanol–water partition coefficient (Wildman–Crippen LogP) is 1.07. The molecule has 3 heterocycles. The van der Waals surface area contributed by atoms with Gasteiger partial charge in [0.1, 0.15) is 5.82 Å². The molecular formula is C15H17N7O3S2. The minimum Gasteiger partial charge on any atom is -0.367 e. The van der Waals surface area contributed by atoms with Crippen molar-refractivity contribution in [2.75, 3.05) is 23.7 Å². The standard InChI is InChI=1S/C15H17N7O3S2/c1-11(23)19-15-17-10-14(26-15)27(24,25)18-7-6-16-12-4-5-13(21-20-12)22-8-2-3-9-22/h2-5,8-10,18H,6-7H2,1H3,(H,16,20)(H,17,19,23). The molecule has 3 rings (SSSR count). The quantitative estimate of drug-likeness (QED) is 0.476. The Bertz CT molecular complexity index is 998. The third kappa shape index (κ3) is 5.09. The Morgan fingerprint density at radius 3 is 2.63 bits per heavy atom. The van der Waals surface area contributed by atoms with Crippen LogP contribution < -0.4 is 15.4 Å². The van der Waals surface area contributed by atoms with Crippen molar-refractivity contribution in [1.82, 2.24) is 24.5 Å². The van der Waals surface area contributed by atoms with E-state index in [-0.39, 0.29) is 21.8 Å². The van der Waals surface area contributed by atoms with Gasteiger partial charge >= 0.3 is 0 Å². The van der Waals surface area contributed by atoms with Crippen LogP contribution in [0.2, 0.25) is 0 Å². The highest BCUT2D eigenvalue weighted by Gasteiger charge is 2.17. The van der Waals surface area contributed by atoms with Gasteiger partial charge in [0.05, 0.1) is 6.20 Å². The number of thiazole rings is 1. The first kappa shape index (κ1) is 18.9. The normalized spacial score (nSPS) is 11.3. The molecule has 10 nitrogen and oxygen atoms in total. The average Bonchev–Trinajstić information content (AvgIpc) is 3.31. The molecule has 0 saturated carbocycles. The van der Waals surface area contributed by atoms with Crippen molar-refractivity contribution in [3.63, 3.8) is 0 Å². The van der Waals surface area contributed by atoms with Crippen molar-refractivity contribution in [1.29, 1.82) is 0 Å². The van der Waals surface area contributed by atoms with Crippen molar-refractivity contribution >= 4 is 38.2 Å². The third-order valence-corrected chi connectivity index (χ3v) is 6.11. The SMILES string of the molecule is CC(=O)Nc1ncc(S(=O)(=O)NCCNc2ccc(-n3cccc3)nn2)s1. The lowest BCUT2D eigenvalue weighted by Gasteiger charge is -2.07. The fourth-order valence-electron chi connectivity index (χ4n) is 2.08. The van der Waals surface area contributed by atoms with Gasteiger partial charge in [-0.05, 0) is 24.3 Å². The molecule has 142 valence electrons. The fourth-order valence-corrected chi connectivity index (χ4v) is 4.24. The summed E-state index contributed by atoms with van der Waals surface area (Å²) >= 11 is 0.884. The van der Waals surface area contributed by atoms with Crippen molar-refractivity contribution < 1.29 is 13.2 Å². The molecule has 0 radical (unpaired) electrons. The van der Waals surface area contributed by atoms with E-state index in [4.69, 9.17) is 0 Å². The second-order valence-electron chi connectivity index (χ2n) is 5.36. The van der Waals surface area contributed by atoms with Gasteiger partial charge in [0, 0.05) is 32.4 Å². The Hall–Kier alpha value is -2.83. The van der Waals surface area contributed by atoms with E-state index in [2.05, 4.69) is 30.5 Å². The molecule has 12 heteroatoms. The predicted molar refractivity (Wildman–Crippen MR) is 101 cm³/mol. The molecule has 0 bridgehead atoms. The summed E-state index contributed by atoms with van der Waals surface area (Å²) in [6.07, 6.45) is 4.93. The fraction of sp³-hybridized carbons (Fsp3) is 0.200. The number of rotatable bonds is 8. The minimum atomic E-state index is -3.69. The van der Waals surface area contributed by atoms with Crippen molar-refractivity contribution in [2.24, 2.45) is 0 Å². The van der Waals surface area contributed by atoms with E-state index in [1.165, 1.54) is 13.1 Å². The van der Waals surface area contributed by atoms with Crippen LogP contribution in [-0.4, -0.2) is 47.2 Å². The van der Waals surface area contributed by atoms with Gasteiger partial charge in [-0.15, -0.1) is 10.2 Å². The van der Waals surface area contributed by atoms with Gasteiger partial charge < -0.3 is 15.2 Å². The largest absolute Gasteiger partial charge is 0.367 e. The highest BCUT2D eigenvalue weighted by atomic mass is 32.2.